The van der Waals surface area contributed by atoms with Crippen molar-refractivity contribution < 1.29 is 13.2 Å². The van der Waals surface area contributed by atoms with E-state index < -0.39 is 11.6 Å². The van der Waals surface area contributed by atoms with Crippen LogP contribution >= 0.6 is 22.6 Å². The molecule has 2 aromatic rings. The lowest BCUT2D eigenvalue weighted by Gasteiger charge is -2.09. The molecule has 1 nitrogen and oxygen atoms in total. The third kappa shape index (κ3) is 2.95. The van der Waals surface area contributed by atoms with Gasteiger partial charge in [-0.15, -0.1) is 0 Å². The molecule has 5 heteroatoms. The number of hydrogen-bond acceptors (Lipinski definition) is 1. The molecule has 0 atom stereocenters. The summed E-state index contributed by atoms with van der Waals surface area (Å²) in [4.78, 5) is 0. The first-order valence-corrected chi connectivity index (χ1v) is 6.27. The van der Waals surface area contributed by atoms with Crippen LogP contribution in [-0.4, -0.2) is 0 Å². The Kier molecular flexibility index (Phi) is 4.11. The average molecular weight is 363 g/mol. The Bertz CT molecular complexity index is 572. The minimum atomic E-state index is -0.872. The van der Waals surface area contributed by atoms with Crippen LogP contribution < -0.4 is 5.32 Å². The highest BCUT2D eigenvalue weighted by Crippen LogP contribution is 2.20. The molecule has 0 heterocycles. The maximum atomic E-state index is 13.4. The van der Waals surface area contributed by atoms with Gasteiger partial charge in [0.15, 0.2) is 11.6 Å². The monoisotopic (exact) mass is 363 g/mol. The molecule has 0 fully saturated rings. The van der Waals surface area contributed by atoms with E-state index in [1.54, 1.807) is 6.07 Å². The largest absolute Gasteiger partial charge is 0.380 e. The predicted molar refractivity (Wildman–Crippen MR) is 72.8 cm³/mol. The van der Waals surface area contributed by atoms with Gasteiger partial charge in [-0.3, -0.25) is 0 Å². The van der Waals surface area contributed by atoms with Gasteiger partial charge in [-0.1, -0.05) is 12.1 Å². The molecule has 0 aliphatic carbocycles. The van der Waals surface area contributed by atoms with E-state index >= 15 is 0 Å². The van der Waals surface area contributed by atoms with Crippen LogP contribution in [0, 0.1) is 21.0 Å². The molecule has 0 saturated carbocycles. The topological polar surface area (TPSA) is 12.0 Å². The van der Waals surface area contributed by atoms with Crippen molar-refractivity contribution in [2.45, 2.75) is 6.54 Å². The summed E-state index contributed by atoms with van der Waals surface area (Å²) in [6.45, 7) is 0.144. The van der Waals surface area contributed by atoms with Gasteiger partial charge < -0.3 is 5.32 Å². The second-order valence-electron chi connectivity index (χ2n) is 3.69. The molecule has 94 valence electrons. The molecule has 0 bridgehead atoms. The molecular weight excluding hydrogens is 354 g/mol. The van der Waals surface area contributed by atoms with Gasteiger partial charge in [-0.2, -0.15) is 0 Å². The number of anilines is 1. The first kappa shape index (κ1) is 13.2. The van der Waals surface area contributed by atoms with Crippen molar-refractivity contribution in [3.05, 3.63) is 63.0 Å². The van der Waals surface area contributed by atoms with E-state index in [0.29, 0.717) is 9.26 Å². The average Bonchev–Trinajstić information content (AvgIpc) is 2.33. The van der Waals surface area contributed by atoms with Crippen LogP contribution in [0.1, 0.15) is 5.56 Å². The highest BCUT2D eigenvalue weighted by molar-refractivity contribution is 14.1. The van der Waals surface area contributed by atoms with Crippen molar-refractivity contribution >= 4 is 28.3 Å². The zero-order valence-electron chi connectivity index (χ0n) is 9.18. The summed E-state index contributed by atoms with van der Waals surface area (Å²) < 4.78 is 39.9. The first-order valence-electron chi connectivity index (χ1n) is 5.20. The SMILES string of the molecule is Fc1ccc(NCc2cccc(F)c2F)c(I)c1. The lowest BCUT2D eigenvalue weighted by Crippen LogP contribution is -2.04. The Balaban J connectivity index is 2.14. The molecule has 0 aliphatic heterocycles. The highest BCUT2D eigenvalue weighted by atomic mass is 127. The molecule has 0 aliphatic rings. The Morgan fingerprint density at radius 1 is 1.06 bits per heavy atom. The second-order valence-corrected chi connectivity index (χ2v) is 4.85. The molecule has 0 amide bonds. The summed E-state index contributed by atoms with van der Waals surface area (Å²) in [6.07, 6.45) is 0. The lowest BCUT2D eigenvalue weighted by atomic mass is 10.2. The van der Waals surface area contributed by atoms with E-state index in [-0.39, 0.29) is 17.9 Å². The van der Waals surface area contributed by atoms with Crippen molar-refractivity contribution in [2.75, 3.05) is 5.32 Å². The number of halogens is 4. The first-order chi connectivity index (χ1) is 8.58. The van der Waals surface area contributed by atoms with Gasteiger partial charge in [0.25, 0.3) is 0 Å². The zero-order valence-corrected chi connectivity index (χ0v) is 11.3. The third-order valence-electron chi connectivity index (χ3n) is 2.43. The second kappa shape index (κ2) is 5.60. The van der Waals surface area contributed by atoms with Crippen LogP contribution in [0.3, 0.4) is 0 Å². The van der Waals surface area contributed by atoms with E-state index in [2.05, 4.69) is 5.32 Å². The van der Waals surface area contributed by atoms with Crippen molar-refractivity contribution in [3.63, 3.8) is 0 Å². The minimum absolute atomic E-state index is 0.144. The van der Waals surface area contributed by atoms with Gasteiger partial charge in [0, 0.05) is 21.4 Å². The zero-order chi connectivity index (χ0) is 13.1. The maximum Gasteiger partial charge on any atom is 0.163 e. The van der Waals surface area contributed by atoms with Gasteiger partial charge >= 0.3 is 0 Å². The summed E-state index contributed by atoms with van der Waals surface area (Å²) in [5, 5.41) is 2.94. The molecule has 2 rings (SSSR count). The van der Waals surface area contributed by atoms with Gasteiger partial charge in [-0.05, 0) is 46.9 Å². The van der Waals surface area contributed by atoms with Crippen LogP contribution in [-0.2, 0) is 6.54 Å². The Hall–Kier alpha value is -1.24. The van der Waals surface area contributed by atoms with Crippen LogP contribution in [0.25, 0.3) is 0 Å². The predicted octanol–water partition coefficient (Wildman–Crippen LogP) is 4.32. The summed E-state index contributed by atoms with van der Waals surface area (Å²) >= 11 is 1.97. The number of hydrogen-bond donors (Lipinski definition) is 1. The quantitative estimate of drug-likeness (QED) is 0.801. The number of benzene rings is 2. The number of nitrogens with one attached hydrogen (secondary N) is 1. The Morgan fingerprint density at radius 2 is 1.83 bits per heavy atom. The molecule has 1 N–H and O–H groups in total. The van der Waals surface area contributed by atoms with Crippen LogP contribution in [0.15, 0.2) is 36.4 Å². The van der Waals surface area contributed by atoms with Gasteiger partial charge in [0.1, 0.15) is 5.82 Å². The van der Waals surface area contributed by atoms with Gasteiger partial charge in [0.05, 0.1) is 0 Å². The molecule has 0 radical (unpaired) electrons. The Labute approximate surface area is 116 Å². The molecule has 18 heavy (non-hydrogen) atoms. The molecule has 0 aromatic heterocycles. The lowest BCUT2D eigenvalue weighted by molar-refractivity contribution is 0.500. The fourth-order valence-electron chi connectivity index (χ4n) is 1.51. The minimum Gasteiger partial charge on any atom is -0.380 e. The summed E-state index contributed by atoms with van der Waals surface area (Å²) in [5.74, 6) is -2.06. The van der Waals surface area contributed by atoms with E-state index in [0.717, 1.165) is 6.07 Å². The van der Waals surface area contributed by atoms with E-state index in [4.69, 9.17) is 0 Å². The van der Waals surface area contributed by atoms with E-state index in [1.165, 1.54) is 24.3 Å². The van der Waals surface area contributed by atoms with Crippen LogP contribution in [0.4, 0.5) is 18.9 Å². The van der Waals surface area contributed by atoms with Crippen LogP contribution in [0.5, 0.6) is 0 Å². The third-order valence-corrected chi connectivity index (χ3v) is 3.32. The standard InChI is InChI=1S/C13H9F3IN/c14-9-4-5-12(11(17)6-9)18-7-8-2-1-3-10(15)13(8)16/h1-6,18H,7H2. The summed E-state index contributed by atoms with van der Waals surface area (Å²) in [6, 6.07) is 8.26. The summed E-state index contributed by atoms with van der Waals surface area (Å²) in [7, 11) is 0. The van der Waals surface area contributed by atoms with Crippen LogP contribution in [0.2, 0.25) is 0 Å². The Morgan fingerprint density at radius 3 is 2.56 bits per heavy atom. The molecule has 0 spiro atoms. The maximum absolute atomic E-state index is 13.4. The normalized spacial score (nSPS) is 10.4. The van der Waals surface area contributed by atoms with Crippen molar-refractivity contribution in [2.24, 2.45) is 0 Å². The highest BCUT2D eigenvalue weighted by Gasteiger charge is 2.08. The van der Waals surface area contributed by atoms with E-state index in [1.807, 2.05) is 22.6 Å². The molecular formula is C13H9F3IN. The van der Waals surface area contributed by atoms with Crippen molar-refractivity contribution in [1.82, 2.24) is 0 Å². The van der Waals surface area contributed by atoms with Gasteiger partial charge in [-0.25, -0.2) is 13.2 Å². The molecule has 2 aromatic carbocycles. The van der Waals surface area contributed by atoms with Crippen molar-refractivity contribution in [3.8, 4) is 0 Å². The fourth-order valence-corrected chi connectivity index (χ4v) is 2.18. The fraction of sp³-hybridized carbons (Fsp3) is 0.0769. The van der Waals surface area contributed by atoms with E-state index in [9.17, 15) is 13.2 Å². The van der Waals surface area contributed by atoms with Crippen molar-refractivity contribution in [1.29, 1.82) is 0 Å². The summed E-state index contributed by atoms with van der Waals surface area (Å²) in [5.41, 5.74) is 0.913. The molecule has 0 unspecified atom stereocenters. The number of rotatable bonds is 3. The van der Waals surface area contributed by atoms with Gasteiger partial charge in [0.2, 0.25) is 0 Å². The molecule has 0 saturated heterocycles. The smallest absolute Gasteiger partial charge is 0.163 e.